The Balaban J connectivity index is 2.07. The molecule has 1 saturated carbocycles. The number of nitrogens with zero attached hydrogens (tertiary/aromatic N) is 3. The van der Waals surface area contributed by atoms with Crippen LogP contribution in [0.4, 0.5) is 33.8 Å². The van der Waals surface area contributed by atoms with Gasteiger partial charge in [-0.3, -0.25) is 0 Å². The average molecular weight is 346 g/mol. The van der Waals surface area contributed by atoms with E-state index < -0.39 is 30.6 Å². The second-order valence-corrected chi connectivity index (χ2v) is 5.44. The van der Waals surface area contributed by atoms with Gasteiger partial charge in [-0.15, -0.1) is 0 Å². The van der Waals surface area contributed by atoms with Gasteiger partial charge in [0.1, 0.15) is 6.04 Å². The number of aromatic nitrogens is 3. The SMILES string of the molecule is C[C@@H](Nc1nc(Cl)nc(N[C@@H]2CCC(F)(F)C2)n1)C(F)(F)F. The Labute approximate surface area is 127 Å². The molecule has 124 valence electrons. The Morgan fingerprint density at radius 1 is 1.23 bits per heavy atom. The molecule has 1 aliphatic rings. The molecule has 1 aliphatic carbocycles. The molecule has 0 radical (unpaired) electrons. The van der Waals surface area contributed by atoms with E-state index in [4.69, 9.17) is 11.6 Å². The maximum Gasteiger partial charge on any atom is 0.408 e. The number of hydrogen-bond donors (Lipinski definition) is 2. The maximum absolute atomic E-state index is 13.1. The molecule has 2 atom stereocenters. The lowest BCUT2D eigenvalue weighted by Crippen LogP contribution is -2.34. The molecular formula is C11H13ClF5N5. The predicted molar refractivity (Wildman–Crippen MR) is 70.2 cm³/mol. The normalized spacial score (nSPS) is 22.4. The Hall–Kier alpha value is -1.45. The van der Waals surface area contributed by atoms with Crippen molar-refractivity contribution in [1.29, 1.82) is 0 Å². The first-order valence-corrected chi connectivity index (χ1v) is 6.82. The quantitative estimate of drug-likeness (QED) is 0.818. The smallest absolute Gasteiger partial charge is 0.351 e. The van der Waals surface area contributed by atoms with Crippen molar-refractivity contribution in [3.05, 3.63) is 5.28 Å². The van der Waals surface area contributed by atoms with Crippen molar-refractivity contribution in [3.8, 4) is 0 Å². The summed E-state index contributed by atoms with van der Waals surface area (Å²) >= 11 is 5.62. The lowest BCUT2D eigenvalue weighted by molar-refractivity contribution is -0.138. The van der Waals surface area contributed by atoms with E-state index in [0.29, 0.717) is 0 Å². The number of rotatable bonds is 4. The highest BCUT2D eigenvalue weighted by Crippen LogP contribution is 2.36. The zero-order valence-electron chi connectivity index (χ0n) is 11.4. The lowest BCUT2D eigenvalue weighted by Gasteiger charge is -2.18. The minimum atomic E-state index is -4.49. The van der Waals surface area contributed by atoms with Crippen molar-refractivity contribution in [3.63, 3.8) is 0 Å². The minimum absolute atomic E-state index is 0.139. The zero-order chi connectivity index (χ0) is 16.5. The third-order valence-corrected chi connectivity index (χ3v) is 3.35. The molecule has 5 nitrogen and oxygen atoms in total. The molecule has 0 aliphatic heterocycles. The first-order valence-electron chi connectivity index (χ1n) is 6.44. The van der Waals surface area contributed by atoms with Crippen LogP contribution in [0.15, 0.2) is 0 Å². The van der Waals surface area contributed by atoms with Gasteiger partial charge >= 0.3 is 6.18 Å². The summed E-state index contributed by atoms with van der Waals surface area (Å²) in [6.07, 6.45) is -4.93. The van der Waals surface area contributed by atoms with Gasteiger partial charge in [0, 0.05) is 18.9 Å². The summed E-state index contributed by atoms with van der Waals surface area (Å²) in [5, 5.41) is 4.35. The Bertz CT molecular complexity index is 538. The van der Waals surface area contributed by atoms with Gasteiger partial charge in [-0.25, -0.2) is 8.78 Å². The molecule has 0 amide bonds. The topological polar surface area (TPSA) is 62.7 Å². The van der Waals surface area contributed by atoms with Crippen LogP contribution in [0.1, 0.15) is 26.2 Å². The van der Waals surface area contributed by atoms with Crippen LogP contribution >= 0.6 is 11.6 Å². The van der Waals surface area contributed by atoms with Crippen LogP contribution < -0.4 is 10.6 Å². The second kappa shape index (κ2) is 5.98. The van der Waals surface area contributed by atoms with Crippen molar-refractivity contribution in [2.75, 3.05) is 10.6 Å². The van der Waals surface area contributed by atoms with Gasteiger partial charge < -0.3 is 10.6 Å². The Kier molecular flexibility index (Phi) is 4.59. The number of halogens is 6. The summed E-state index contributed by atoms with van der Waals surface area (Å²) < 4.78 is 63.7. The summed E-state index contributed by atoms with van der Waals surface area (Å²) in [4.78, 5) is 10.9. The fraction of sp³-hybridized carbons (Fsp3) is 0.727. The van der Waals surface area contributed by atoms with E-state index in [1.807, 2.05) is 5.32 Å². The van der Waals surface area contributed by atoms with E-state index >= 15 is 0 Å². The molecule has 11 heteroatoms. The van der Waals surface area contributed by atoms with Gasteiger partial charge in [-0.2, -0.15) is 28.1 Å². The predicted octanol–water partition coefficient (Wildman–Crippen LogP) is 3.49. The third kappa shape index (κ3) is 4.52. The molecule has 1 heterocycles. The molecule has 0 bridgehead atoms. The molecule has 1 aromatic rings. The van der Waals surface area contributed by atoms with Crippen LogP contribution in [0, 0.1) is 0 Å². The summed E-state index contributed by atoms with van der Waals surface area (Å²) in [7, 11) is 0. The highest BCUT2D eigenvalue weighted by atomic mass is 35.5. The van der Waals surface area contributed by atoms with Crippen LogP contribution in [0.2, 0.25) is 5.28 Å². The number of hydrogen-bond acceptors (Lipinski definition) is 5. The molecule has 0 aromatic carbocycles. The fourth-order valence-electron chi connectivity index (χ4n) is 2.01. The van der Waals surface area contributed by atoms with Gasteiger partial charge in [0.2, 0.25) is 23.1 Å². The highest BCUT2D eigenvalue weighted by Gasteiger charge is 2.40. The number of nitrogens with one attached hydrogen (secondary N) is 2. The molecule has 0 saturated heterocycles. The molecule has 0 spiro atoms. The van der Waals surface area contributed by atoms with Crippen molar-refractivity contribution >= 4 is 23.5 Å². The zero-order valence-corrected chi connectivity index (χ0v) is 12.1. The molecule has 1 fully saturated rings. The third-order valence-electron chi connectivity index (χ3n) is 3.18. The fourth-order valence-corrected chi connectivity index (χ4v) is 2.17. The standard InChI is InChI=1S/C11H13ClF5N5/c1-5(11(15,16)17)18-8-20-7(12)21-9(22-8)19-6-2-3-10(13,14)4-6/h5-6H,2-4H2,1H3,(H2,18,19,20,21,22)/t5-,6-/m1/s1. The van der Waals surface area contributed by atoms with E-state index in [0.717, 1.165) is 6.92 Å². The van der Waals surface area contributed by atoms with Crippen LogP contribution in [-0.4, -0.2) is 39.1 Å². The molecular weight excluding hydrogens is 333 g/mol. The van der Waals surface area contributed by atoms with E-state index in [1.165, 1.54) is 0 Å². The average Bonchev–Trinajstić information content (AvgIpc) is 2.66. The Morgan fingerprint density at radius 3 is 2.41 bits per heavy atom. The molecule has 2 N–H and O–H groups in total. The molecule has 2 rings (SSSR count). The van der Waals surface area contributed by atoms with E-state index in [2.05, 4.69) is 20.3 Å². The van der Waals surface area contributed by atoms with Crippen molar-refractivity contribution in [1.82, 2.24) is 15.0 Å². The van der Waals surface area contributed by atoms with Gasteiger partial charge in [0.25, 0.3) is 0 Å². The molecule has 1 aromatic heterocycles. The van der Waals surface area contributed by atoms with Gasteiger partial charge in [-0.05, 0) is 24.9 Å². The highest BCUT2D eigenvalue weighted by molar-refractivity contribution is 6.28. The lowest BCUT2D eigenvalue weighted by atomic mass is 10.2. The van der Waals surface area contributed by atoms with Crippen LogP contribution in [-0.2, 0) is 0 Å². The number of anilines is 2. The van der Waals surface area contributed by atoms with Crippen molar-refractivity contribution in [2.45, 2.75) is 50.4 Å². The molecule has 22 heavy (non-hydrogen) atoms. The summed E-state index contributed by atoms with van der Waals surface area (Å²) in [6.45, 7) is 0.891. The van der Waals surface area contributed by atoms with E-state index in [-0.39, 0.29) is 30.0 Å². The number of alkyl halides is 5. The monoisotopic (exact) mass is 345 g/mol. The van der Waals surface area contributed by atoms with Gasteiger partial charge in [0.05, 0.1) is 0 Å². The summed E-state index contributed by atoms with van der Waals surface area (Å²) in [5.74, 6) is -3.28. The second-order valence-electron chi connectivity index (χ2n) is 5.10. The van der Waals surface area contributed by atoms with Gasteiger partial charge in [-0.1, -0.05) is 0 Å². The first-order chi connectivity index (χ1) is 10.0. The summed E-state index contributed by atoms with van der Waals surface area (Å²) in [5.41, 5.74) is 0. The van der Waals surface area contributed by atoms with E-state index in [9.17, 15) is 22.0 Å². The first kappa shape index (κ1) is 16.9. The Morgan fingerprint density at radius 2 is 1.86 bits per heavy atom. The van der Waals surface area contributed by atoms with Crippen molar-refractivity contribution in [2.24, 2.45) is 0 Å². The minimum Gasteiger partial charge on any atom is -0.351 e. The maximum atomic E-state index is 13.1. The van der Waals surface area contributed by atoms with Crippen LogP contribution in [0.25, 0.3) is 0 Å². The van der Waals surface area contributed by atoms with E-state index in [1.54, 1.807) is 0 Å². The largest absolute Gasteiger partial charge is 0.408 e. The van der Waals surface area contributed by atoms with Crippen LogP contribution in [0.3, 0.4) is 0 Å². The summed E-state index contributed by atoms with van der Waals surface area (Å²) in [6, 6.07) is -2.46. The van der Waals surface area contributed by atoms with Crippen LogP contribution in [0.5, 0.6) is 0 Å². The van der Waals surface area contributed by atoms with Gasteiger partial charge in [0.15, 0.2) is 0 Å². The molecule has 0 unspecified atom stereocenters. The van der Waals surface area contributed by atoms with Crippen molar-refractivity contribution < 1.29 is 22.0 Å².